The number of hydrogen-bond acceptors (Lipinski definition) is 3. The third-order valence-electron chi connectivity index (χ3n) is 4.81. The van der Waals surface area contributed by atoms with Crippen LogP contribution >= 0.6 is 15.9 Å². The maximum Gasteiger partial charge on any atom is 0.0505 e. The maximum atomic E-state index is 9.19. The van der Waals surface area contributed by atoms with E-state index in [1.807, 2.05) is 37.4 Å². The summed E-state index contributed by atoms with van der Waals surface area (Å²) in [5.41, 5.74) is 5.14. The van der Waals surface area contributed by atoms with E-state index in [9.17, 15) is 5.21 Å². The van der Waals surface area contributed by atoms with Gasteiger partial charge in [-0.25, -0.2) is 0 Å². The van der Waals surface area contributed by atoms with Gasteiger partial charge in [-0.2, -0.15) is 0 Å². The summed E-state index contributed by atoms with van der Waals surface area (Å²) >= 11 is 3.53. The summed E-state index contributed by atoms with van der Waals surface area (Å²) in [6.07, 6.45) is 3.95. The number of pyridine rings is 1. The van der Waals surface area contributed by atoms with E-state index in [1.165, 1.54) is 11.1 Å². The normalized spacial score (nSPS) is 13.7. The summed E-state index contributed by atoms with van der Waals surface area (Å²) in [5, 5.41) is 12.5. The van der Waals surface area contributed by atoms with Crippen LogP contribution in [0.1, 0.15) is 34.4 Å². The highest BCUT2D eigenvalue weighted by atomic mass is 79.9. The van der Waals surface area contributed by atoms with Crippen LogP contribution in [0.25, 0.3) is 0 Å². The lowest BCUT2D eigenvalue weighted by molar-refractivity contribution is 0.319. The molecule has 0 amide bonds. The number of rotatable bonds is 5. The lowest BCUT2D eigenvalue weighted by Crippen LogP contribution is -2.31. The summed E-state index contributed by atoms with van der Waals surface area (Å²) in [6.45, 7) is 4.11. The number of aromatic nitrogens is 1. The molecule has 3 nitrogen and oxygen atoms in total. The van der Waals surface area contributed by atoms with E-state index >= 15 is 0 Å². The van der Waals surface area contributed by atoms with Gasteiger partial charge in [0.2, 0.25) is 0 Å². The Kier molecular flexibility index (Phi) is 5.52. The van der Waals surface area contributed by atoms with E-state index in [-0.39, 0.29) is 0 Å². The quantitative estimate of drug-likeness (QED) is 0.337. The highest BCUT2D eigenvalue weighted by Crippen LogP contribution is 2.43. The van der Waals surface area contributed by atoms with Gasteiger partial charge in [-0.1, -0.05) is 52.3 Å². The highest BCUT2D eigenvalue weighted by Gasteiger charge is 2.37. The molecule has 0 saturated carbocycles. The average molecular weight is 409 g/mol. The summed E-state index contributed by atoms with van der Waals surface area (Å²) in [6, 6.07) is 20.9. The van der Waals surface area contributed by atoms with Gasteiger partial charge in [-0.3, -0.25) is 4.98 Å². The van der Waals surface area contributed by atoms with Gasteiger partial charge in [0.15, 0.2) is 0 Å². The number of oxime groups is 1. The predicted octanol–water partition coefficient (Wildman–Crippen LogP) is 5.65. The van der Waals surface area contributed by atoms with E-state index in [2.05, 4.69) is 69.4 Å². The van der Waals surface area contributed by atoms with Crippen molar-refractivity contribution < 1.29 is 5.21 Å². The number of halogens is 1. The molecule has 0 fully saturated rings. The highest BCUT2D eigenvalue weighted by molar-refractivity contribution is 9.10. The SMILES string of the molecule is Cc1cc([C@@](C/C=N/O)(c2ccc(Br)cc2)c2ccccc2C)ccn1. The van der Waals surface area contributed by atoms with Gasteiger partial charge in [0.1, 0.15) is 0 Å². The number of aryl methyl sites for hydroxylation is 2. The molecule has 4 heteroatoms. The average Bonchev–Trinajstić information content (AvgIpc) is 2.65. The van der Waals surface area contributed by atoms with Crippen LogP contribution in [0.15, 0.2) is 76.5 Å². The van der Waals surface area contributed by atoms with Gasteiger partial charge >= 0.3 is 0 Å². The summed E-state index contributed by atoms with van der Waals surface area (Å²) < 4.78 is 1.03. The smallest absolute Gasteiger partial charge is 0.0505 e. The Morgan fingerprint density at radius 3 is 2.42 bits per heavy atom. The van der Waals surface area contributed by atoms with Crippen LogP contribution in [0.5, 0.6) is 0 Å². The zero-order valence-electron chi connectivity index (χ0n) is 14.9. The molecule has 0 aliphatic rings. The Bertz CT molecular complexity index is 921. The van der Waals surface area contributed by atoms with E-state index in [0.717, 1.165) is 21.3 Å². The van der Waals surface area contributed by atoms with Crippen LogP contribution in [0.2, 0.25) is 0 Å². The van der Waals surface area contributed by atoms with Crippen LogP contribution in [0, 0.1) is 13.8 Å². The molecule has 0 spiro atoms. The molecule has 1 aromatic heterocycles. The molecule has 3 rings (SSSR count). The van der Waals surface area contributed by atoms with E-state index < -0.39 is 5.41 Å². The van der Waals surface area contributed by atoms with Gasteiger partial charge < -0.3 is 5.21 Å². The first-order chi connectivity index (χ1) is 12.6. The molecular weight excluding hydrogens is 388 g/mol. The van der Waals surface area contributed by atoms with E-state index in [1.54, 1.807) is 6.21 Å². The molecule has 1 atom stereocenters. The van der Waals surface area contributed by atoms with Crippen molar-refractivity contribution in [2.24, 2.45) is 5.16 Å². The molecule has 132 valence electrons. The van der Waals surface area contributed by atoms with Crippen molar-refractivity contribution in [3.05, 3.63) is 99.3 Å². The molecular formula is C22H21BrN2O. The third-order valence-corrected chi connectivity index (χ3v) is 5.34. The molecule has 26 heavy (non-hydrogen) atoms. The summed E-state index contributed by atoms with van der Waals surface area (Å²) in [5.74, 6) is 0. The lowest BCUT2D eigenvalue weighted by atomic mass is 9.66. The Hall–Kier alpha value is -2.46. The van der Waals surface area contributed by atoms with E-state index in [4.69, 9.17) is 0 Å². The minimum atomic E-state index is -0.466. The van der Waals surface area contributed by atoms with Crippen LogP contribution in [0.4, 0.5) is 0 Å². The van der Waals surface area contributed by atoms with Crippen molar-refractivity contribution in [1.29, 1.82) is 0 Å². The van der Waals surface area contributed by atoms with Crippen molar-refractivity contribution in [2.75, 3.05) is 0 Å². The first-order valence-electron chi connectivity index (χ1n) is 8.49. The maximum absolute atomic E-state index is 9.19. The minimum absolute atomic E-state index is 0.466. The molecule has 0 saturated heterocycles. The molecule has 3 aromatic rings. The number of hydrogen-bond donors (Lipinski definition) is 1. The molecule has 1 heterocycles. The second-order valence-electron chi connectivity index (χ2n) is 6.42. The molecule has 0 radical (unpaired) electrons. The topological polar surface area (TPSA) is 45.5 Å². The first-order valence-corrected chi connectivity index (χ1v) is 9.28. The zero-order chi connectivity index (χ0) is 18.6. The van der Waals surface area contributed by atoms with Gasteiger partial charge in [-0.15, -0.1) is 5.16 Å². The van der Waals surface area contributed by atoms with Crippen molar-refractivity contribution in [3.63, 3.8) is 0 Å². The van der Waals surface area contributed by atoms with Gasteiger partial charge in [-0.05, 0) is 60.4 Å². The standard InChI is InChI=1S/C22H21BrN2O/c1-16-5-3-4-6-21(16)22(12-14-25-26,18-7-9-20(23)10-8-18)19-11-13-24-17(2)15-19/h3-11,13-15,26H,12H2,1-2H3/b25-14+/t22-/m1/s1. The first kappa shape index (κ1) is 18.3. The number of benzene rings is 2. The second kappa shape index (κ2) is 7.83. The van der Waals surface area contributed by atoms with Gasteiger partial charge in [0.25, 0.3) is 0 Å². The van der Waals surface area contributed by atoms with Gasteiger partial charge in [0.05, 0.1) is 5.41 Å². The molecule has 0 bridgehead atoms. The zero-order valence-corrected chi connectivity index (χ0v) is 16.4. The molecule has 2 aromatic carbocycles. The van der Waals surface area contributed by atoms with Crippen molar-refractivity contribution in [3.8, 4) is 0 Å². The number of nitrogens with zero attached hydrogens (tertiary/aromatic N) is 2. The molecule has 1 N–H and O–H groups in total. The van der Waals surface area contributed by atoms with Crippen LogP contribution in [0.3, 0.4) is 0 Å². The monoisotopic (exact) mass is 408 g/mol. The third kappa shape index (κ3) is 3.42. The van der Waals surface area contributed by atoms with Crippen LogP contribution < -0.4 is 0 Å². The fourth-order valence-corrected chi connectivity index (χ4v) is 3.86. The Balaban J connectivity index is 2.38. The van der Waals surface area contributed by atoms with Gasteiger partial charge in [0, 0.05) is 29.0 Å². The Morgan fingerprint density at radius 1 is 1.04 bits per heavy atom. The summed E-state index contributed by atoms with van der Waals surface area (Å²) in [7, 11) is 0. The largest absolute Gasteiger partial charge is 0.411 e. The van der Waals surface area contributed by atoms with Crippen molar-refractivity contribution in [1.82, 2.24) is 4.98 Å². The van der Waals surface area contributed by atoms with Crippen LogP contribution in [-0.2, 0) is 5.41 Å². The molecule has 0 aliphatic heterocycles. The molecule has 0 unspecified atom stereocenters. The Labute approximate surface area is 162 Å². The van der Waals surface area contributed by atoms with Crippen molar-refractivity contribution in [2.45, 2.75) is 25.7 Å². The lowest BCUT2D eigenvalue weighted by Gasteiger charge is -2.36. The fraction of sp³-hybridized carbons (Fsp3) is 0.182. The fourth-order valence-electron chi connectivity index (χ4n) is 3.60. The van der Waals surface area contributed by atoms with Crippen molar-refractivity contribution >= 4 is 22.1 Å². The second-order valence-corrected chi connectivity index (χ2v) is 7.33. The van der Waals surface area contributed by atoms with Crippen LogP contribution in [-0.4, -0.2) is 16.4 Å². The molecule has 0 aliphatic carbocycles. The Morgan fingerprint density at radius 2 is 1.77 bits per heavy atom. The summed E-state index contributed by atoms with van der Waals surface area (Å²) in [4.78, 5) is 4.37. The van der Waals surface area contributed by atoms with E-state index in [0.29, 0.717) is 6.42 Å². The minimum Gasteiger partial charge on any atom is -0.411 e. The predicted molar refractivity (Wildman–Crippen MR) is 109 cm³/mol.